The second-order valence-electron chi connectivity index (χ2n) is 3.85. The van der Waals surface area contributed by atoms with Crippen molar-refractivity contribution in [1.29, 1.82) is 0 Å². The summed E-state index contributed by atoms with van der Waals surface area (Å²) in [5, 5.41) is 0. The van der Waals surface area contributed by atoms with Gasteiger partial charge in [-0.05, 0) is 51.8 Å². The lowest BCUT2D eigenvalue weighted by Crippen LogP contribution is -2.14. The van der Waals surface area contributed by atoms with Crippen LogP contribution in [0, 0.1) is 0 Å². The van der Waals surface area contributed by atoms with Crippen LogP contribution in [0.4, 0.5) is 13.2 Å². The fourth-order valence-electron chi connectivity index (χ4n) is 1.61. The standard InChI is InChI=1S/C12H8Br2F3NO/c13-8-2-1-6(12(15,16)17)5-7(8)11(18)9-3-4-10(14)19-9/h1-5,11H,18H2. The minimum absolute atomic E-state index is 0.316. The molecule has 0 fully saturated rings. The molecule has 2 N–H and O–H groups in total. The van der Waals surface area contributed by atoms with Gasteiger partial charge in [0, 0.05) is 4.47 Å². The van der Waals surface area contributed by atoms with Crippen LogP contribution in [0.15, 0.2) is 43.9 Å². The van der Waals surface area contributed by atoms with Crippen LogP contribution in [0.2, 0.25) is 0 Å². The number of alkyl halides is 3. The molecule has 1 aromatic heterocycles. The van der Waals surface area contributed by atoms with E-state index in [9.17, 15) is 13.2 Å². The maximum atomic E-state index is 12.7. The van der Waals surface area contributed by atoms with Crippen molar-refractivity contribution in [3.05, 3.63) is 56.4 Å². The van der Waals surface area contributed by atoms with Crippen LogP contribution < -0.4 is 5.73 Å². The molecule has 102 valence electrons. The summed E-state index contributed by atoms with van der Waals surface area (Å²) in [7, 11) is 0. The molecule has 19 heavy (non-hydrogen) atoms. The molecule has 0 spiro atoms. The third kappa shape index (κ3) is 3.21. The Morgan fingerprint density at radius 3 is 2.32 bits per heavy atom. The quantitative estimate of drug-likeness (QED) is 0.783. The molecule has 0 aliphatic carbocycles. The average molecular weight is 399 g/mol. The fraction of sp³-hybridized carbons (Fsp3) is 0.167. The largest absolute Gasteiger partial charge is 0.452 e. The minimum atomic E-state index is -4.40. The highest BCUT2D eigenvalue weighted by atomic mass is 79.9. The molecule has 1 aromatic carbocycles. The lowest BCUT2D eigenvalue weighted by Gasteiger charge is -2.14. The molecule has 0 bridgehead atoms. The van der Waals surface area contributed by atoms with Crippen LogP contribution in [0.5, 0.6) is 0 Å². The molecule has 7 heteroatoms. The summed E-state index contributed by atoms with van der Waals surface area (Å²) in [6, 6.07) is 5.82. The molecule has 1 unspecified atom stereocenters. The van der Waals surface area contributed by atoms with Gasteiger partial charge in [-0.3, -0.25) is 0 Å². The van der Waals surface area contributed by atoms with Gasteiger partial charge in [-0.25, -0.2) is 0 Å². The molecule has 0 radical (unpaired) electrons. The zero-order valence-electron chi connectivity index (χ0n) is 9.34. The molecule has 0 aliphatic heterocycles. The highest BCUT2D eigenvalue weighted by molar-refractivity contribution is 9.10. The fourth-order valence-corrected chi connectivity index (χ4v) is 2.42. The van der Waals surface area contributed by atoms with Crippen LogP contribution in [-0.2, 0) is 6.18 Å². The molecule has 1 atom stereocenters. The van der Waals surface area contributed by atoms with Crippen LogP contribution >= 0.6 is 31.9 Å². The van der Waals surface area contributed by atoms with E-state index in [1.807, 2.05) is 0 Å². The van der Waals surface area contributed by atoms with Crippen molar-refractivity contribution in [2.75, 3.05) is 0 Å². The van der Waals surface area contributed by atoms with E-state index in [1.165, 1.54) is 6.07 Å². The number of nitrogens with two attached hydrogens (primary N) is 1. The van der Waals surface area contributed by atoms with Crippen molar-refractivity contribution in [2.24, 2.45) is 5.73 Å². The Hall–Kier alpha value is -0.790. The maximum Gasteiger partial charge on any atom is 0.416 e. The average Bonchev–Trinajstić information content (AvgIpc) is 2.74. The van der Waals surface area contributed by atoms with E-state index in [4.69, 9.17) is 10.2 Å². The van der Waals surface area contributed by atoms with Gasteiger partial charge in [0.05, 0.1) is 11.6 Å². The summed E-state index contributed by atoms with van der Waals surface area (Å²) >= 11 is 6.32. The Bertz CT molecular complexity index is 595. The molecule has 0 saturated heterocycles. The van der Waals surface area contributed by atoms with Crippen LogP contribution in [0.25, 0.3) is 0 Å². The lowest BCUT2D eigenvalue weighted by molar-refractivity contribution is -0.137. The van der Waals surface area contributed by atoms with Crippen molar-refractivity contribution in [1.82, 2.24) is 0 Å². The third-order valence-corrected chi connectivity index (χ3v) is 3.71. The molecular formula is C12H8Br2F3NO. The molecule has 2 aromatic rings. The van der Waals surface area contributed by atoms with Gasteiger partial charge in [0.15, 0.2) is 4.67 Å². The summed E-state index contributed by atoms with van der Waals surface area (Å²) in [4.78, 5) is 0. The highest BCUT2D eigenvalue weighted by Crippen LogP contribution is 2.35. The van der Waals surface area contributed by atoms with E-state index in [0.29, 0.717) is 20.5 Å². The Kier molecular flexibility index (Phi) is 4.08. The topological polar surface area (TPSA) is 39.2 Å². The summed E-state index contributed by atoms with van der Waals surface area (Å²) < 4.78 is 44.3. The SMILES string of the molecule is NC(c1ccc(Br)o1)c1cc(C(F)(F)F)ccc1Br. The summed E-state index contributed by atoms with van der Waals surface area (Å²) in [5.74, 6) is 0.381. The predicted octanol–water partition coefficient (Wildman–Crippen LogP) is 4.87. The molecule has 0 aliphatic rings. The molecule has 2 nitrogen and oxygen atoms in total. The van der Waals surface area contributed by atoms with Gasteiger partial charge in [0.2, 0.25) is 0 Å². The van der Waals surface area contributed by atoms with E-state index in [-0.39, 0.29) is 0 Å². The minimum Gasteiger partial charge on any atom is -0.452 e. The van der Waals surface area contributed by atoms with E-state index < -0.39 is 17.8 Å². The van der Waals surface area contributed by atoms with Gasteiger partial charge in [-0.1, -0.05) is 15.9 Å². The van der Waals surface area contributed by atoms with Gasteiger partial charge >= 0.3 is 6.18 Å². The number of hydrogen-bond acceptors (Lipinski definition) is 2. The smallest absolute Gasteiger partial charge is 0.416 e. The first-order valence-electron chi connectivity index (χ1n) is 5.16. The molecule has 0 saturated carbocycles. The first kappa shape index (κ1) is 14.6. The number of furan rings is 1. The van der Waals surface area contributed by atoms with E-state index >= 15 is 0 Å². The number of hydrogen-bond donors (Lipinski definition) is 1. The normalized spacial score (nSPS) is 13.6. The first-order valence-corrected chi connectivity index (χ1v) is 6.75. The highest BCUT2D eigenvalue weighted by Gasteiger charge is 2.31. The third-order valence-electron chi connectivity index (χ3n) is 2.56. The van der Waals surface area contributed by atoms with E-state index in [2.05, 4.69) is 31.9 Å². The Balaban J connectivity index is 2.44. The summed E-state index contributed by atoms with van der Waals surface area (Å²) in [5.41, 5.74) is 5.50. The van der Waals surface area contributed by atoms with Crippen molar-refractivity contribution in [3.8, 4) is 0 Å². The van der Waals surface area contributed by atoms with Crippen molar-refractivity contribution in [2.45, 2.75) is 12.2 Å². The summed E-state index contributed by atoms with van der Waals surface area (Å²) in [6.07, 6.45) is -4.40. The number of benzene rings is 1. The number of halogens is 5. The van der Waals surface area contributed by atoms with E-state index in [1.54, 1.807) is 12.1 Å². The van der Waals surface area contributed by atoms with Crippen LogP contribution in [-0.4, -0.2) is 0 Å². The van der Waals surface area contributed by atoms with Gasteiger partial charge < -0.3 is 10.2 Å². The molecule has 0 amide bonds. The number of rotatable bonds is 2. The Labute approximate surface area is 124 Å². The maximum absolute atomic E-state index is 12.7. The van der Waals surface area contributed by atoms with Gasteiger partial charge in [0.1, 0.15) is 5.76 Å². The van der Waals surface area contributed by atoms with Gasteiger partial charge in [0.25, 0.3) is 0 Å². The molecule has 2 rings (SSSR count). The first-order chi connectivity index (χ1) is 8.79. The van der Waals surface area contributed by atoms with E-state index in [0.717, 1.165) is 12.1 Å². The van der Waals surface area contributed by atoms with Crippen LogP contribution in [0.3, 0.4) is 0 Å². The van der Waals surface area contributed by atoms with Gasteiger partial charge in [-0.2, -0.15) is 13.2 Å². The molecule has 1 heterocycles. The van der Waals surface area contributed by atoms with Crippen molar-refractivity contribution < 1.29 is 17.6 Å². The second kappa shape index (κ2) is 5.30. The van der Waals surface area contributed by atoms with Crippen molar-refractivity contribution >= 4 is 31.9 Å². The monoisotopic (exact) mass is 397 g/mol. The van der Waals surface area contributed by atoms with Crippen molar-refractivity contribution in [3.63, 3.8) is 0 Å². The Morgan fingerprint density at radius 2 is 1.79 bits per heavy atom. The van der Waals surface area contributed by atoms with Crippen LogP contribution in [0.1, 0.15) is 22.9 Å². The lowest BCUT2D eigenvalue weighted by atomic mass is 10.0. The predicted molar refractivity (Wildman–Crippen MR) is 71.6 cm³/mol. The second-order valence-corrected chi connectivity index (χ2v) is 5.49. The summed E-state index contributed by atoms with van der Waals surface area (Å²) in [6.45, 7) is 0. The zero-order valence-corrected chi connectivity index (χ0v) is 12.5. The molecular weight excluding hydrogens is 391 g/mol. The zero-order chi connectivity index (χ0) is 14.2. The Morgan fingerprint density at radius 1 is 1.11 bits per heavy atom. The van der Waals surface area contributed by atoms with Gasteiger partial charge in [-0.15, -0.1) is 0 Å².